The van der Waals surface area contributed by atoms with Crippen molar-refractivity contribution in [3.8, 4) is 5.75 Å². The minimum Gasteiger partial charge on any atom is -0.490 e. The fourth-order valence-corrected chi connectivity index (χ4v) is 4.01. The molecule has 0 saturated carbocycles. The summed E-state index contributed by atoms with van der Waals surface area (Å²) < 4.78 is 21.2. The molecule has 0 heterocycles. The van der Waals surface area contributed by atoms with Gasteiger partial charge in [-0.2, -0.15) is 0 Å². The summed E-state index contributed by atoms with van der Waals surface area (Å²) in [5, 5.41) is 10.6. The van der Waals surface area contributed by atoms with E-state index in [4.69, 9.17) is 18.9 Å². The second kappa shape index (κ2) is 20.0. The van der Waals surface area contributed by atoms with Crippen molar-refractivity contribution in [2.24, 2.45) is 5.92 Å². The number of Topliss-reactive ketones (excluding diaryl/α,β-unsaturated/α-hetero) is 1. The third-order valence-corrected chi connectivity index (χ3v) is 6.13. The summed E-state index contributed by atoms with van der Waals surface area (Å²) >= 11 is 0. The molecule has 2 atom stereocenters. The average molecular weight is 637 g/mol. The number of amides is 4. The van der Waals surface area contributed by atoms with E-state index in [9.17, 15) is 28.8 Å². The molecule has 0 aliphatic heterocycles. The van der Waals surface area contributed by atoms with Gasteiger partial charge < -0.3 is 40.2 Å². The highest BCUT2D eigenvalue weighted by atomic mass is 16.6. The van der Waals surface area contributed by atoms with Gasteiger partial charge in [0.15, 0.2) is 5.78 Å². The first-order valence-corrected chi connectivity index (χ1v) is 14.9. The summed E-state index contributed by atoms with van der Waals surface area (Å²) in [6.07, 6.45) is 0.903. The van der Waals surface area contributed by atoms with E-state index in [1.54, 1.807) is 27.7 Å². The molecule has 4 amide bonds. The lowest BCUT2D eigenvalue weighted by atomic mass is 9.92. The number of carbonyl (C=O) groups is 6. The van der Waals surface area contributed by atoms with Crippen LogP contribution in [0, 0.1) is 5.92 Å². The number of rotatable bonds is 19. The molecule has 0 saturated heterocycles. The van der Waals surface area contributed by atoms with Crippen molar-refractivity contribution in [2.45, 2.75) is 78.9 Å². The van der Waals surface area contributed by atoms with Gasteiger partial charge in [-0.15, -0.1) is 0 Å². The quantitative estimate of drug-likeness (QED) is 0.130. The van der Waals surface area contributed by atoms with E-state index in [-0.39, 0.29) is 61.7 Å². The van der Waals surface area contributed by atoms with Gasteiger partial charge in [-0.25, -0.2) is 9.59 Å². The normalized spacial score (nSPS) is 12.2. The molecular weight excluding hydrogens is 588 g/mol. The van der Waals surface area contributed by atoms with Crippen LogP contribution in [0.15, 0.2) is 18.2 Å². The van der Waals surface area contributed by atoms with Gasteiger partial charge >= 0.3 is 12.1 Å². The number of carbonyl (C=O) groups excluding carboxylic acids is 6. The molecule has 0 bridgehead atoms. The van der Waals surface area contributed by atoms with Crippen molar-refractivity contribution in [3.05, 3.63) is 23.8 Å². The zero-order valence-electron chi connectivity index (χ0n) is 27.3. The van der Waals surface area contributed by atoms with Crippen LogP contribution >= 0.6 is 0 Å². The maximum Gasteiger partial charge on any atom is 0.407 e. The number of alkyl carbamates (subject to hydrolysis) is 1. The molecule has 1 aromatic rings. The summed E-state index contributed by atoms with van der Waals surface area (Å²) in [4.78, 5) is 72.7. The maximum atomic E-state index is 13.3. The molecule has 14 nitrogen and oxygen atoms in total. The molecule has 45 heavy (non-hydrogen) atoms. The topological polar surface area (TPSA) is 187 Å². The van der Waals surface area contributed by atoms with E-state index < -0.39 is 35.5 Å². The second-order valence-electron chi connectivity index (χ2n) is 11.3. The molecule has 0 aliphatic carbocycles. The van der Waals surface area contributed by atoms with E-state index in [0.29, 0.717) is 31.5 Å². The van der Waals surface area contributed by atoms with Crippen molar-refractivity contribution in [3.63, 3.8) is 0 Å². The van der Waals surface area contributed by atoms with E-state index in [1.165, 1.54) is 39.2 Å². The molecule has 0 spiro atoms. The first-order valence-electron chi connectivity index (χ1n) is 14.9. The Hall–Kier alpha value is -4.20. The van der Waals surface area contributed by atoms with E-state index in [2.05, 4.69) is 21.3 Å². The number of nitrogens with one attached hydrogen (secondary N) is 4. The minimum absolute atomic E-state index is 0.0558. The number of ether oxygens (including phenoxy) is 4. The van der Waals surface area contributed by atoms with Crippen LogP contribution in [-0.2, 0) is 33.4 Å². The fraction of sp³-hybridized carbons (Fsp3) is 0.613. The van der Waals surface area contributed by atoms with Crippen LogP contribution in [0.5, 0.6) is 5.75 Å². The fourth-order valence-electron chi connectivity index (χ4n) is 4.01. The number of ketones is 1. The SMILES string of the molecule is COC(=O)c1ccc(NC(=O)[C@H](CCCCNC(C)=O)CC(=O)[C@H](C)NC(C)=O)cc1OCCOCCNC(=O)OC(C)(C)C. The van der Waals surface area contributed by atoms with Crippen LogP contribution in [0.2, 0.25) is 0 Å². The minimum atomic E-state index is -0.758. The standard InChI is InChI=1S/C31H48N4O10/c1-20(34-22(3)37)26(38)18-23(10-8-9-13-32-21(2)36)28(39)35-24-11-12-25(29(40)42-7)27(19-24)44-17-16-43-15-14-33-30(41)45-31(4,5)6/h11-12,19-20,23H,8-10,13-18H2,1-7H3,(H,32,36)(H,33,41)(H,34,37)(H,35,39)/t20-,23+/m0/s1. The maximum absolute atomic E-state index is 13.3. The summed E-state index contributed by atoms with van der Waals surface area (Å²) in [7, 11) is 1.23. The van der Waals surface area contributed by atoms with Crippen LogP contribution < -0.4 is 26.0 Å². The predicted molar refractivity (Wildman–Crippen MR) is 166 cm³/mol. The van der Waals surface area contributed by atoms with Gasteiger partial charge in [-0.3, -0.25) is 19.2 Å². The summed E-state index contributed by atoms with van der Waals surface area (Å²) in [5.41, 5.74) is -0.143. The van der Waals surface area contributed by atoms with Crippen LogP contribution in [0.3, 0.4) is 0 Å². The third kappa shape index (κ3) is 17.0. The Kier molecular flexibility index (Phi) is 17.2. The molecule has 4 N–H and O–H groups in total. The Morgan fingerprint density at radius 1 is 0.889 bits per heavy atom. The van der Waals surface area contributed by atoms with Gasteiger partial charge in [0.05, 0.1) is 26.4 Å². The van der Waals surface area contributed by atoms with Crippen molar-refractivity contribution in [1.82, 2.24) is 16.0 Å². The lowest BCUT2D eigenvalue weighted by Crippen LogP contribution is -2.39. The lowest BCUT2D eigenvalue weighted by Gasteiger charge is -2.20. The van der Waals surface area contributed by atoms with Gasteiger partial charge in [0.25, 0.3) is 0 Å². The van der Waals surface area contributed by atoms with Crippen molar-refractivity contribution >= 4 is 41.3 Å². The molecular formula is C31H48N4O10. The van der Waals surface area contributed by atoms with Crippen molar-refractivity contribution in [1.29, 1.82) is 0 Å². The highest BCUT2D eigenvalue weighted by molar-refractivity contribution is 5.98. The summed E-state index contributed by atoms with van der Waals surface area (Å²) in [6, 6.07) is 3.69. The van der Waals surface area contributed by atoms with Crippen LogP contribution in [0.4, 0.5) is 10.5 Å². The van der Waals surface area contributed by atoms with Crippen LogP contribution in [0.1, 0.15) is 77.6 Å². The zero-order valence-corrected chi connectivity index (χ0v) is 27.3. The van der Waals surface area contributed by atoms with Crippen molar-refractivity contribution < 1.29 is 47.7 Å². The number of unbranched alkanes of at least 4 members (excludes halogenated alkanes) is 1. The number of hydrogen-bond donors (Lipinski definition) is 4. The molecule has 252 valence electrons. The summed E-state index contributed by atoms with van der Waals surface area (Å²) in [6.45, 7) is 10.6. The Bertz CT molecular complexity index is 1170. The van der Waals surface area contributed by atoms with Crippen molar-refractivity contribution in [2.75, 3.05) is 45.3 Å². The first-order chi connectivity index (χ1) is 21.1. The molecule has 1 aromatic carbocycles. The number of esters is 1. The lowest BCUT2D eigenvalue weighted by molar-refractivity contribution is -0.129. The number of methoxy groups -OCH3 is 1. The highest BCUT2D eigenvalue weighted by Gasteiger charge is 2.25. The van der Waals surface area contributed by atoms with Gasteiger partial charge in [0, 0.05) is 51.0 Å². The average Bonchev–Trinajstić information content (AvgIpc) is 2.93. The molecule has 0 fully saturated rings. The van der Waals surface area contributed by atoms with Gasteiger partial charge in [-0.1, -0.05) is 6.42 Å². The molecule has 0 aliphatic rings. The predicted octanol–water partition coefficient (Wildman–Crippen LogP) is 2.74. The Labute approximate surface area is 264 Å². The third-order valence-electron chi connectivity index (χ3n) is 6.13. The van der Waals surface area contributed by atoms with Gasteiger partial charge in [0.2, 0.25) is 17.7 Å². The van der Waals surface area contributed by atoms with Gasteiger partial charge in [0.1, 0.15) is 23.5 Å². The van der Waals surface area contributed by atoms with E-state index >= 15 is 0 Å². The molecule has 1 rings (SSSR count). The molecule has 14 heteroatoms. The first kappa shape index (κ1) is 38.8. The summed E-state index contributed by atoms with van der Waals surface area (Å²) in [5.74, 6) is -2.42. The molecule has 0 radical (unpaired) electrons. The molecule has 0 unspecified atom stereocenters. The monoisotopic (exact) mass is 636 g/mol. The molecule has 0 aromatic heterocycles. The largest absolute Gasteiger partial charge is 0.490 e. The number of benzene rings is 1. The Morgan fingerprint density at radius 3 is 2.22 bits per heavy atom. The second-order valence-corrected chi connectivity index (χ2v) is 11.3. The van der Waals surface area contributed by atoms with Gasteiger partial charge in [-0.05, 0) is 52.7 Å². The number of hydrogen-bond acceptors (Lipinski definition) is 10. The highest BCUT2D eigenvalue weighted by Crippen LogP contribution is 2.26. The van der Waals surface area contributed by atoms with Crippen LogP contribution in [-0.4, -0.2) is 87.2 Å². The smallest absolute Gasteiger partial charge is 0.407 e. The van der Waals surface area contributed by atoms with Crippen LogP contribution in [0.25, 0.3) is 0 Å². The zero-order chi connectivity index (χ0) is 34.0. The Morgan fingerprint density at radius 2 is 1.60 bits per heavy atom. The number of anilines is 1. The van der Waals surface area contributed by atoms with E-state index in [0.717, 1.165) is 0 Å². The Balaban J connectivity index is 2.86. The van der Waals surface area contributed by atoms with E-state index in [1.807, 2.05) is 0 Å².